The maximum Gasteiger partial charge on any atom is 0.330 e. The summed E-state index contributed by atoms with van der Waals surface area (Å²) in [6, 6.07) is 0. The van der Waals surface area contributed by atoms with Crippen LogP contribution in [0.4, 0.5) is 0 Å². The number of aliphatic hydroxyl groups excluding tert-OH is 2. The van der Waals surface area contributed by atoms with Gasteiger partial charge < -0.3 is 14.9 Å². The Morgan fingerprint density at radius 2 is 2.05 bits per heavy atom. The summed E-state index contributed by atoms with van der Waals surface area (Å²) in [5.74, 6) is 0. The largest absolute Gasteiger partial charge is 0.388 e. The zero-order chi connectivity index (χ0) is 14.9. The minimum Gasteiger partial charge on any atom is -0.388 e. The van der Waals surface area contributed by atoms with Gasteiger partial charge in [-0.25, -0.2) is 4.79 Å². The molecule has 4 atom stereocenters. The van der Waals surface area contributed by atoms with Crippen molar-refractivity contribution >= 4 is 0 Å². The summed E-state index contributed by atoms with van der Waals surface area (Å²) in [7, 11) is 0. The quantitative estimate of drug-likeness (QED) is 0.701. The molecule has 20 heavy (non-hydrogen) atoms. The number of hydrogen-bond donors (Lipinski definition) is 3. The van der Waals surface area contributed by atoms with E-state index in [2.05, 4.69) is 4.98 Å². The smallest absolute Gasteiger partial charge is 0.330 e. The lowest BCUT2D eigenvalue weighted by molar-refractivity contribution is -0.0423. The molecular formula is C13H20N2O5. The van der Waals surface area contributed by atoms with Crippen LogP contribution in [-0.2, 0) is 4.74 Å². The number of unbranched alkanes of at least 4 members (excludes halogenated alkanes) is 1. The highest BCUT2D eigenvalue weighted by Crippen LogP contribution is 2.30. The topological polar surface area (TPSA) is 105 Å². The molecule has 1 aromatic rings. The second-order valence-electron chi connectivity index (χ2n) is 5.17. The van der Waals surface area contributed by atoms with E-state index in [9.17, 15) is 19.8 Å². The first-order valence-corrected chi connectivity index (χ1v) is 6.79. The van der Waals surface area contributed by atoms with Gasteiger partial charge in [-0.3, -0.25) is 14.3 Å². The third-order valence-electron chi connectivity index (χ3n) is 3.60. The van der Waals surface area contributed by atoms with E-state index in [4.69, 9.17) is 4.74 Å². The van der Waals surface area contributed by atoms with E-state index in [1.165, 1.54) is 6.20 Å². The molecule has 1 aliphatic rings. The number of ether oxygens (including phenoxy) is 1. The molecule has 7 heteroatoms. The summed E-state index contributed by atoms with van der Waals surface area (Å²) in [5, 5.41) is 20.0. The standard InChI is InChI=1S/C13H20N2O5/c1-3-4-5-8-9(16)10(17)12(20-8)15-6-7(2)11(18)14-13(15)19/h6,8-10,12,16-17H,3-5H2,1-2H3,(H,14,18,19). The first kappa shape index (κ1) is 15.0. The van der Waals surface area contributed by atoms with Gasteiger partial charge in [-0.1, -0.05) is 19.8 Å². The van der Waals surface area contributed by atoms with Crippen molar-refractivity contribution < 1.29 is 14.9 Å². The third-order valence-corrected chi connectivity index (χ3v) is 3.60. The highest BCUT2D eigenvalue weighted by molar-refractivity contribution is 5.03. The molecule has 0 aliphatic carbocycles. The Labute approximate surface area is 115 Å². The molecule has 3 N–H and O–H groups in total. The van der Waals surface area contributed by atoms with Crippen LogP contribution in [0.2, 0.25) is 0 Å². The molecule has 2 rings (SSSR count). The van der Waals surface area contributed by atoms with Crippen molar-refractivity contribution in [2.24, 2.45) is 0 Å². The Kier molecular flexibility index (Phi) is 4.42. The molecule has 0 aromatic carbocycles. The van der Waals surface area contributed by atoms with Gasteiger partial charge in [0.2, 0.25) is 0 Å². The summed E-state index contributed by atoms with van der Waals surface area (Å²) >= 11 is 0. The Morgan fingerprint density at radius 3 is 2.70 bits per heavy atom. The van der Waals surface area contributed by atoms with Crippen LogP contribution < -0.4 is 11.2 Å². The fourth-order valence-electron chi connectivity index (χ4n) is 2.38. The van der Waals surface area contributed by atoms with Gasteiger partial charge in [0.1, 0.15) is 12.2 Å². The summed E-state index contributed by atoms with van der Waals surface area (Å²) in [6.45, 7) is 3.58. The normalized spacial score (nSPS) is 29.8. The number of aliphatic hydroxyl groups is 2. The van der Waals surface area contributed by atoms with Crippen LogP contribution in [0.1, 0.15) is 38.0 Å². The minimum atomic E-state index is -1.19. The van der Waals surface area contributed by atoms with E-state index in [0.29, 0.717) is 12.0 Å². The molecule has 1 aliphatic heterocycles. The molecule has 0 spiro atoms. The molecule has 0 bridgehead atoms. The van der Waals surface area contributed by atoms with E-state index < -0.39 is 35.8 Å². The number of nitrogens with zero attached hydrogens (tertiary/aromatic N) is 1. The molecule has 1 saturated heterocycles. The first-order chi connectivity index (χ1) is 9.45. The molecule has 112 valence electrons. The molecule has 0 amide bonds. The van der Waals surface area contributed by atoms with Crippen molar-refractivity contribution in [3.05, 3.63) is 32.6 Å². The van der Waals surface area contributed by atoms with Crippen molar-refractivity contribution in [1.29, 1.82) is 0 Å². The highest BCUT2D eigenvalue weighted by atomic mass is 16.6. The molecule has 0 saturated carbocycles. The summed E-state index contributed by atoms with van der Waals surface area (Å²) in [6.07, 6.45) is 0.0486. The molecule has 1 aromatic heterocycles. The van der Waals surface area contributed by atoms with Crippen LogP contribution >= 0.6 is 0 Å². The van der Waals surface area contributed by atoms with Gasteiger partial charge in [0.25, 0.3) is 5.56 Å². The Morgan fingerprint density at radius 1 is 1.35 bits per heavy atom. The average Bonchev–Trinajstić information content (AvgIpc) is 2.68. The molecule has 4 unspecified atom stereocenters. The van der Waals surface area contributed by atoms with Gasteiger partial charge in [0.05, 0.1) is 6.10 Å². The molecule has 0 radical (unpaired) electrons. The maximum absolute atomic E-state index is 11.8. The lowest BCUT2D eigenvalue weighted by Gasteiger charge is -2.17. The Balaban J connectivity index is 2.28. The molecule has 1 fully saturated rings. The van der Waals surface area contributed by atoms with Gasteiger partial charge in [-0.15, -0.1) is 0 Å². The van der Waals surface area contributed by atoms with Crippen molar-refractivity contribution in [1.82, 2.24) is 9.55 Å². The van der Waals surface area contributed by atoms with Crippen LogP contribution in [0.15, 0.2) is 15.8 Å². The van der Waals surface area contributed by atoms with Crippen LogP contribution in [0.5, 0.6) is 0 Å². The van der Waals surface area contributed by atoms with Crippen molar-refractivity contribution in [2.75, 3.05) is 0 Å². The monoisotopic (exact) mass is 284 g/mol. The predicted octanol–water partition coefficient (Wildman–Crippen LogP) is -0.346. The number of aryl methyl sites for hydroxylation is 1. The van der Waals surface area contributed by atoms with Crippen LogP contribution in [0.25, 0.3) is 0 Å². The van der Waals surface area contributed by atoms with Gasteiger partial charge in [0.15, 0.2) is 6.23 Å². The van der Waals surface area contributed by atoms with Gasteiger partial charge >= 0.3 is 5.69 Å². The summed E-state index contributed by atoms with van der Waals surface area (Å²) in [4.78, 5) is 25.3. The maximum atomic E-state index is 11.8. The minimum absolute atomic E-state index is 0.340. The lowest BCUT2D eigenvalue weighted by atomic mass is 10.1. The second-order valence-corrected chi connectivity index (χ2v) is 5.17. The Bertz CT molecular complexity index is 579. The van der Waals surface area contributed by atoms with E-state index in [1.807, 2.05) is 6.92 Å². The average molecular weight is 284 g/mol. The van der Waals surface area contributed by atoms with Gasteiger partial charge in [-0.2, -0.15) is 0 Å². The van der Waals surface area contributed by atoms with Crippen LogP contribution in [0, 0.1) is 6.92 Å². The van der Waals surface area contributed by atoms with Crippen LogP contribution in [0.3, 0.4) is 0 Å². The third kappa shape index (κ3) is 2.70. The van der Waals surface area contributed by atoms with E-state index in [1.54, 1.807) is 6.92 Å². The number of rotatable bonds is 4. The van der Waals surface area contributed by atoms with Crippen molar-refractivity contribution in [2.45, 2.75) is 57.6 Å². The first-order valence-electron chi connectivity index (χ1n) is 6.79. The van der Waals surface area contributed by atoms with E-state index in [0.717, 1.165) is 17.4 Å². The SMILES string of the molecule is CCCCC1OC(n2cc(C)c(=O)[nH]c2=O)C(O)C1O. The van der Waals surface area contributed by atoms with Crippen molar-refractivity contribution in [3.8, 4) is 0 Å². The van der Waals surface area contributed by atoms with Crippen LogP contribution in [-0.4, -0.2) is 38.1 Å². The number of aromatic amines is 1. The highest BCUT2D eigenvalue weighted by Gasteiger charge is 2.43. The molecular weight excluding hydrogens is 264 g/mol. The lowest BCUT2D eigenvalue weighted by Crippen LogP contribution is -2.38. The fraction of sp³-hybridized carbons (Fsp3) is 0.692. The van der Waals surface area contributed by atoms with Crippen molar-refractivity contribution in [3.63, 3.8) is 0 Å². The number of nitrogens with one attached hydrogen (secondary N) is 1. The summed E-state index contributed by atoms with van der Waals surface area (Å²) < 4.78 is 6.71. The number of hydrogen-bond acceptors (Lipinski definition) is 5. The number of aromatic nitrogens is 2. The van der Waals surface area contributed by atoms with E-state index >= 15 is 0 Å². The predicted molar refractivity (Wildman–Crippen MR) is 71.5 cm³/mol. The zero-order valence-electron chi connectivity index (χ0n) is 11.6. The fourth-order valence-corrected chi connectivity index (χ4v) is 2.38. The van der Waals surface area contributed by atoms with Gasteiger partial charge in [0, 0.05) is 11.8 Å². The van der Waals surface area contributed by atoms with E-state index in [-0.39, 0.29) is 0 Å². The molecule has 7 nitrogen and oxygen atoms in total. The van der Waals surface area contributed by atoms with Gasteiger partial charge in [-0.05, 0) is 13.3 Å². The molecule has 2 heterocycles. The summed E-state index contributed by atoms with van der Waals surface area (Å²) in [5.41, 5.74) is -0.790. The number of H-pyrrole nitrogens is 1. The second kappa shape index (κ2) is 5.90. The Hall–Kier alpha value is -1.44. The zero-order valence-corrected chi connectivity index (χ0v) is 11.6.